The topological polar surface area (TPSA) is 66.4 Å². The molecule has 0 fully saturated rings. The van der Waals surface area contributed by atoms with Crippen molar-refractivity contribution >= 4 is 21.8 Å². The summed E-state index contributed by atoms with van der Waals surface area (Å²) < 4.78 is 27.4. The first-order valence-corrected chi connectivity index (χ1v) is 9.84. The Kier molecular flexibility index (Phi) is 6.71. The molecule has 0 saturated heterocycles. The lowest BCUT2D eigenvalue weighted by Crippen LogP contribution is -2.39. The normalized spacial score (nSPS) is 14.1. The van der Waals surface area contributed by atoms with Gasteiger partial charge in [0.05, 0.1) is 11.0 Å². The monoisotopic (exact) mass is 331 g/mol. The fourth-order valence-corrected chi connectivity index (χ4v) is 4.18. The van der Waals surface area contributed by atoms with Crippen LogP contribution < -0.4 is 4.72 Å². The van der Waals surface area contributed by atoms with Gasteiger partial charge in [-0.15, -0.1) is 0 Å². The molecule has 1 rings (SSSR count). The minimum Gasteiger partial charge on any atom is -0.389 e. The summed E-state index contributed by atoms with van der Waals surface area (Å²) in [5, 5.41) is 9.57. The van der Waals surface area contributed by atoms with E-state index in [9.17, 15) is 13.5 Å². The highest BCUT2D eigenvalue weighted by molar-refractivity contribution is 8.00. The summed E-state index contributed by atoms with van der Waals surface area (Å²) >= 11 is 1.69. The molecule has 0 aromatic heterocycles. The summed E-state index contributed by atoms with van der Waals surface area (Å²) in [7, 11) is -3.55. The third-order valence-electron chi connectivity index (χ3n) is 3.96. The van der Waals surface area contributed by atoms with E-state index in [2.05, 4.69) is 18.6 Å². The summed E-state index contributed by atoms with van der Waals surface area (Å²) in [6.45, 7) is 6.17. The second-order valence-corrected chi connectivity index (χ2v) is 8.21. The van der Waals surface area contributed by atoms with Crippen molar-refractivity contribution in [2.24, 2.45) is 0 Å². The summed E-state index contributed by atoms with van der Waals surface area (Å²) in [6.07, 6.45) is 3.13. The Morgan fingerprint density at radius 1 is 1.33 bits per heavy atom. The molecule has 21 heavy (non-hydrogen) atoms. The van der Waals surface area contributed by atoms with Crippen LogP contribution in [0.5, 0.6) is 0 Å². The van der Waals surface area contributed by atoms with E-state index in [1.807, 2.05) is 6.26 Å². The van der Waals surface area contributed by atoms with Crippen molar-refractivity contribution in [1.29, 1.82) is 0 Å². The molecule has 1 aromatic rings. The first-order chi connectivity index (χ1) is 9.80. The molecule has 0 bridgehead atoms. The minimum atomic E-state index is -3.55. The Morgan fingerprint density at radius 3 is 2.43 bits per heavy atom. The quantitative estimate of drug-likeness (QED) is 0.768. The number of benzene rings is 1. The van der Waals surface area contributed by atoms with Crippen LogP contribution in [0.4, 0.5) is 0 Å². The molecule has 1 aromatic carbocycles. The third kappa shape index (κ3) is 4.71. The van der Waals surface area contributed by atoms with E-state index in [-0.39, 0.29) is 9.64 Å². The van der Waals surface area contributed by atoms with Crippen LogP contribution >= 0.6 is 11.8 Å². The number of nitrogens with one attached hydrogen (secondary N) is 1. The molecule has 1 atom stereocenters. The van der Waals surface area contributed by atoms with E-state index >= 15 is 0 Å². The summed E-state index contributed by atoms with van der Waals surface area (Å²) in [4.78, 5) is 0.197. The maximum Gasteiger partial charge on any atom is 0.240 e. The van der Waals surface area contributed by atoms with Crippen LogP contribution in [0.3, 0.4) is 0 Å². The Labute approximate surface area is 132 Å². The average molecular weight is 332 g/mol. The predicted octanol–water partition coefficient (Wildman–Crippen LogP) is 2.94. The van der Waals surface area contributed by atoms with Crippen LogP contribution in [0.2, 0.25) is 0 Å². The highest BCUT2D eigenvalue weighted by Gasteiger charge is 2.27. The molecular formula is C15H25NO3S2. The molecule has 1 unspecified atom stereocenters. The van der Waals surface area contributed by atoms with E-state index < -0.39 is 16.1 Å². The van der Waals surface area contributed by atoms with Gasteiger partial charge in [0, 0.05) is 11.3 Å². The van der Waals surface area contributed by atoms with Gasteiger partial charge in [-0.1, -0.05) is 26.0 Å². The second-order valence-electron chi connectivity index (χ2n) is 5.17. The molecule has 0 spiro atoms. The van der Waals surface area contributed by atoms with Crippen LogP contribution in [0, 0.1) is 0 Å². The van der Waals surface area contributed by atoms with Crippen molar-refractivity contribution in [3.8, 4) is 0 Å². The van der Waals surface area contributed by atoms with Gasteiger partial charge in [-0.2, -0.15) is 11.8 Å². The van der Waals surface area contributed by atoms with Gasteiger partial charge in [0.2, 0.25) is 10.0 Å². The highest BCUT2D eigenvalue weighted by Crippen LogP contribution is 2.30. The Bertz CT molecular complexity index is 544. The molecule has 4 nitrogen and oxygen atoms in total. The number of hydrogen-bond donors (Lipinski definition) is 2. The van der Waals surface area contributed by atoms with E-state index in [0.29, 0.717) is 12.1 Å². The van der Waals surface area contributed by atoms with Crippen LogP contribution in [0.25, 0.3) is 0 Å². The number of hydrogen-bond acceptors (Lipinski definition) is 4. The molecule has 0 radical (unpaired) electrons. The number of aliphatic hydroxyl groups is 1. The van der Waals surface area contributed by atoms with Crippen LogP contribution in [-0.2, 0) is 10.0 Å². The number of rotatable bonds is 8. The summed E-state index contributed by atoms with van der Waals surface area (Å²) in [5.41, 5.74) is 0.597. The molecule has 0 amide bonds. The zero-order valence-corrected chi connectivity index (χ0v) is 14.7. The zero-order valence-electron chi connectivity index (χ0n) is 13.1. The van der Waals surface area contributed by atoms with E-state index in [4.69, 9.17) is 0 Å². The van der Waals surface area contributed by atoms with Crippen molar-refractivity contribution in [3.05, 3.63) is 29.8 Å². The standard InChI is InChI=1S/C15H25NO3S2/c1-5-15(6-2,20-4)11-16-21(18,19)14-9-7-8-13(10-14)12(3)17/h7-10,12,16-17H,5-6,11H2,1-4H3. The van der Waals surface area contributed by atoms with Crippen LogP contribution in [0.15, 0.2) is 29.2 Å². The summed E-state index contributed by atoms with van der Waals surface area (Å²) in [5.74, 6) is 0. The minimum absolute atomic E-state index is 0.0745. The number of aliphatic hydroxyl groups excluding tert-OH is 1. The van der Waals surface area contributed by atoms with Crippen molar-refractivity contribution in [2.75, 3.05) is 12.8 Å². The largest absolute Gasteiger partial charge is 0.389 e. The van der Waals surface area contributed by atoms with Crippen molar-refractivity contribution < 1.29 is 13.5 Å². The smallest absolute Gasteiger partial charge is 0.240 e. The first-order valence-electron chi connectivity index (χ1n) is 7.13. The van der Waals surface area contributed by atoms with Crippen molar-refractivity contribution in [2.45, 2.75) is 49.4 Å². The molecule has 2 N–H and O–H groups in total. The van der Waals surface area contributed by atoms with Gasteiger partial charge in [-0.3, -0.25) is 0 Å². The van der Waals surface area contributed by atoms with E-state index in [1.54, 1.807) is 36.9 Å². The average Bonchev–Trinajstić information content (AvgIpc) is 2.49. The fraction of sp³-hybridized carbons (Fsp3) is 0.600. The molecule has 0 saturated carbocycles. The lowest BCUT2D eigenvalue weighted by atomic mass is 10.0. The van der Waals surface area contributed by atoms with Crippen molar-refractivity contribution in [1.82, 2.24) is 4.72 Å². The Morgan fingerprint density at radius 2 is 1.95 bits per heavy atom. The van der Waals surface area contributed by atoms with Gasteiger partial charge >= 0.3 is 0 Å². The summed E-state index contributed by atoms with van der Waals surface area (Å²) in [6, 6.07) is 6.44. The molecule has 120 valence electrons. The second kappa shape index (κ2) is 7.63. The van der Waals surface area contributed by atoms with Crippen LogP contribution in [-0.4, -0.2) is 31.1 Å². The number of thioether (sulfide) groups is 1. The Balaban J connectivity index is 2.94. The molecular weight excluding hydrogens is 306 g/mol. The predicted molar refractivity (Wildman–Crippen MR) is 89.1 cm³/mol. The lowest BCUT2D eigenvalue weighted by Gasteiger charge is -2.29. The van der Waals surface area contributed by atoms with E-state index in [1.165, 1.54) is 6.07 Å². The molecule has 0 heterocycles. The SMILES string of the molecule is CCC(CC)(CNS(=O)(=O)c1cccc(C(C)O)c1)SC. The zero-order chi connectivity index (χ0) is 16.1. The molecule has 0 aliphatic heterocycles. The highest BCUT2D eigenvalue weighted by atomic mass is 32.2. The van der Waals surface area contributed by atoms with Gasteiger partial charge < -0.3 is 5.11 Å². The van der Waals surface area contributed by atoms with Gasteiger partial charge in [0.1, 0.15) is 0 Å². The van der Waals surface area contributed by atoms with Gasteiger partial charge in [-0.25, -0.2) is 13.1 Å². The molecule has 0 aliphatic carbocycles. The number of sulfonamides is 1. The molecule has 0 aliphatic rings. The van der Waals surface area contributed by atoms with Gasteiger partial charge in [-0.05, 0) is 43.7 Å². The lowest BCUT2D eigenvalue weighted by molar-refractivity contribution is 0.199. The van der Waals surface area contributed by atoms with Crippen LogP contribution in [0.1, 0.15) is 45.3 Å². The van der Waals surface area contributed by atoms with Gasteiger partial charge in [0.15, 0.2) is 0 Å². The maximum absolute atomic E-state index is 12.4. The fourth-order valence-electron chi connectivity index (χ4n) is 2.11. The van der Waals surface area contributed by atoms with Crippen molar-refractivity contribution in [3.63, 3.8) is 0 Å². The van der Waals surface area contributed by atoms with Gasteiger partial charge in [0.25, 0.3) is 0 Å². The Hall–Kier alpha value is -0.560. The third-order valence-corrected chi connectivity index (χ3v) is 6.94. The first kappa shape index (κ1) is 18.5. The van der Waals surface area contributed by atoms with E-state index in [0.717, 1.165) is 12.8 Å². The molecule has 6 heteroatoms. The maximum atomic E-state index is 12.4.